The Bertz CT molecular complexity index is 639. The Morgan fingerprint density at radius 2 is 1.96 bits per heavy atom. The lowest BCUT2D eigenvalue weighted by atomic mass is 10.1. The summed E-state index contributed by atoms with van der Waals surface area (Å²) in [6, 6.07) is 10.3. The molecule has 0 radical (unpaired) electrons. The summed E-state index contributed by atoms with van der Waals surface area (Å²) in [6.45, 7) is 8.73. The third-order valence-corrected chi connectivity index (χ3v) is 3.94. The predicted octanol–water partition coefficient (Wildman–Crippen LogP) is 2.80. The van der Waals surface area contributed by atoms with Crippen LogP contribution in [-0.4, -0.2) is 42.0 Å². The van der Waals surface area contributed by atoms with Crippen molar-refractivity contribution >= 4 is 5.96 Å². The van der Waals surface area contributed by atoms with E-state index in [1.54, 1.807) is 6.20 Å². The lowest BCUT2D eigenvalue weighted by Gasteiger charge is -2.13. The number of hydrogen-bond acceptors (Lipinski definition) is 3. The van der Waals surface area contributed by atoms with Gasteiger partial charge in [0.25, 0.3) is 0 Å². The molecule has 0 saturated carbocycles. The molecule has 0 aliphatic carbocycles. The van der Waals surface area contributed by atoms with Crippen molar-refractivity contribution in [1.82, 2.24) is 20.4 Å². The highest BCUT2D eigenvalue weighted by Crippen LogP contribution is 2.11. The summed E-state index contributed by atoms with van der Waals surface area (Å²) < 4.78 is 7.52. The number of ether oxygens (including phenoxy) is 1. The lowest BCUT2D eigenvalue weighted by Crippen LogP contribution is -2.39. The second-order valence-corrected chi connectivity index (χ2v) is 6.06. The summed E-state index contributed by atoms with van der Waals surface area (Å²) >= 11 is 0. The van der Waals surface area contributed by atoms with Gasteiger partial charge in [0, 0.05) is 32.1 Å². The molecule has 1 heterocycles. The second-order valence-electron chi connectivity index (χ2n) is 6.06. The Hall–Kier alpha value is -2.34. The van der Waals surface area contributed by atoms with Gasteiger partial charge in [-0.3, -0.25) is 4.68 Å². The van der Waals surface area contributed by atoms with Gasteiger partial charge < -0.3 is 15.4 Å². The summed E-state index contributed by atoms with van der Waals surface area (Å²) in [5.41, 5.74) is 2.44. The number of unbranched alkanes of at least 4 members (excludes halogenated alkanes) is 1. The van der Waals surface area contributed by atoms with E-state index in [1.165, 1.54) is 11.1 Å². The van der Waals surface area contributed by atoms with Crippen LogP contribution in [0, 0.1) is 0 Å². The van der Waals surface area contributed by atoms with Gasteiger partial charge in [-0.15, -0.1) is 0 Å². The van der Waals surface area contributed by atoms with Crippen molar-refractivity contribution < 1.29 is 4.74 Å². The first-order valence-corrected chi connectivity index (χ1v) is 9.47. The van der Waals surface area contributed by atoms with Crippen LogP contribution in [0.4, 0.5) is 0 Å². The highest BCUT2D eigenvalue weighted by molar-refractivity contribution is 5.79. The van der Waals surface area contributed by atoms with Crippen LogP contribution in [0.25, 0.3) is 0 Å². The lowest BCUT2D eigenvalue weighted by molar-refractivity contribution is 0.136. The summed E-state index contributed by atoms with van der Waals surface area (Å²) in [7, 11) is 0. The van der Waals surface area contributed by atoms with E-state index in [4.69, 9.17) is 9.73 Å². The zero-order valence-electron chi connectivity index (χ0n) is 15.9. The fourth-order valence-corrected chi connectivity index (χ4v) is 2.53. The van der Waals surface area contributed by atoms with E-state index >= 15 is 0 Å². The molecular formula is C20H31N5O. The molecule has 26 heavy (non-hydrogen) atoms. The average Bonchev–Trinajstić information content (AvgIpc) is 3.16. The summed E-state index contributed by atoms with van der Waals surface area (Å²) in [5.74, 6) is 0.820. The minimum absolute atomic E-state index is 0.628. The van der Waals surface area contributed by atoms with Crippen LogP contribution >= 0.6 is 0 Å². The Morgan fingerprint density at radius 3 is 2.69 bits per heavy atom. The number of hydrogen-bond donors (Lipinski definition) is 2. The number of benzene rings is 1. The molecular weight excluding hydrogens is 326 g/mol. The Kier molecular flexibility index (Phi) is 9.29. The third-order valence-electron chi connectivity index (χ3n) is 3.94. The average molecular weight is 358 g/mol. The van der Waals surface area contributed by atoms with E-state index in [0.29, 0.717) is 13.2 Å². The summed E-state index contributed by atoms with van der Waals surface area (Å²) in [5, 5.41) is 10.9. The van der Waals surface area contributed by atoms with Gasteiger partial charge in [-0.2, -0.15) is 5.10 Å². The van der Waals surface area contributed by atoms with Gasteiger partial charge in [0.2, 0.25) is 0 Å². The van der Waals surface area contributed by atoms with Gasteiger partial charge in [0.05, 0.1) is 19.7 Å². The number of guanidine groups is 1. The smallest absolute Gasteiger partial charge is 0.191 e. The van der Waals surface area contributed by atoms with E-state index in [0.717, 1.165) is 45.0 Å². The van der Waals surface area contributed by atoms with Crippen molar-refractivity contribution in [3.63, 3.8) is 0 Å². The number of aliphatic imine (C=N–C) groups is 1. The van der Waals surface area contributed by atoms with Gasteiger partial charge in [0.15, 0.2) is 5.96 Å². The fraction of sp³-hybridized carbons (Fsp3) is 0.500. The Labute approximate surface area is 156 Å². The maximum atomic E-state index is 5.59. The van der Waals surface area contributed by atoms with Crippen LogP contribution in [0.1, 0.15) is 37.8 Å². The molecule has 2 rings (SSSR count). The maximum Gasteiger partial charge on any atom is 0.191 e. The molecule has 142 valence electrons. The minimum atomic E-state index is 0.628. The maximum absolute atomic E-state index is 5.59. The van der Waals surface area contributed by atoms with Crippen LogP contribution in [0.3, 0.4) is 0 Å². The molecule has 0 aliphatic heterocycles. The monoisotopic (exact) mass is 357 g/mol. The molecule has 1 aromatic heterocycles. The minimum Gasteiger partial charge on any atom is -0.380 e. The first-order chi connectivity index (χ1) is 12.8. The van der Waals surface area contributed by atoms with Crippen LogP contribution in [0.2, 0.25) is 0 Å². The molecule has 0 aliphatic rings. The summed E-state index contributed by atoms with van der Waals surface area (Å²) in [6.07, 6.45) is 6.05. The SMILES string of the molecule is CCCCOCCNC(=NCc1ccccc1Cn1cccn1)NCC. The molecule has 0 bridgehead atoms. The fourth-order valence-electron chi connectivity index (χ4n) is 2.53. The van der Waals surface area contributed by atoms with E-state index in [-0.39, 0.29) is 0 Å². The molecule has 0 amide bonds. The van der Waals surface area contributed by atoms with E-state index < -0.39 is 0 Å². The van der Waals surface area contributed by atoms with Crippen molar-refractivity contribution in [3.8, 4) is 0 Å². The van der Waals surface area contributed by atoms with Gasteiger partial charge >= 0.3 is 0 Å². The zero-order valence-corrected chi connectivity index (χ0v) is 15.9. The van der Waals surface area contributed by atoms with Crippen molar-refractivity contribution in [3.05, 3.63) is 53.9 Å². The highest BCUT2D eigenvalue weighted by Gasteiger charge is 2.04. The molecule has 1 aromatic carbocycles. The van der Waals surface area contributed by atoms with Crippen LogP contribution in [0.5, 0.6) is 0 Å². The molecule has 0 saturated heterocycles. The molecule has 0 fully saturated rings. The van der Waals surface area contributed by atoms with Crippen LogP contribution in [0.15, 0.2) is 47.7 Å². The van der Waals surface area contributed by atoms with Gasteiger partial charge in [-0.05, 0) is 30.5 Å². The predicted molar refractivity (Wildman–Crippen MR) is 106 cm³/mol. The highest BCUT2D eigenvalue weighted by atomic mass is 16.5. The van der Waals surface area contributed by atoms with Crippen molar-refractivity contribution in [2.75, 3.05) is 26.3 Å². The molecule has 0 spiro atoms. The summed E-state index contributed by atoms with van der Waals surface area (Å²) in [4.78, 5) is 4.72. The van der Waals surface area contributed by atoms with Crippen molar-refractivity contribution in [2.24, 2.45) is 4.99 Å². The standard InChI is InChI=1S/C20H31N5O/c1-3-5-14-26-15-12-22-20(21-4-2)23-16-18-9-6-7-10-19(18)17-25-13-8-11-24-25/h6-11,13H,3-5,12,14-17H2,1-2H3,(H2,21,22,23). The van der Waals surface area contributed by atoms with E-state index in [2.05, 4.69) is 53.8 Å². The first kappa shape index (κ1) is 20.0. The van der Waals surface area contributed by atoms with Crippen molar-refractivity contribution in [1.29, 1.82) is 0 Å². The van der Waals surface area contributed by atoms with Crippen molar-refractivity contribution in [2.45, 2.75) is 39.8 Å². The van der Waals surface area contributed by atoms with E-state index in [1.807, 2.05) is 16.9 Å². The molecule has 0 unspecified atom stereocenters. The van der Waals surface area contributed by atoms with Gasteiger partial charge in [-0.25, -0.2) is 4.99 Å². The largest absolute Gasteiger partial charge is 0.380 e. The molecule has 0 atom stereocenters. The second kappa shape index (κ2) is 12.1. The molecule has 2 aromatic rings. The first-order valence-electron chi connectivity index (χ1n) is 9.47. The Morgan fingerprint density at radius 1 is 1.12 bits per heavy atom. The zero-order chi connectivity index (χ0) is 18.5. The number of rotatable bonds is 11. The van der Waals surface area contributed by atoms with Gasteiger partial charge in [-0.1, -0.05) is 37.6 Å². The quantitative estimate of drug-likeness (QED) is 0.369. The molecule has 2 N–H and O–H groups in total. The number of nitrogens with zero attached hydrogens (tertiary/aromatic N) is 3. The molecule has 6 nitrogen and oxygen atoms in total. The normalized spacial score (nSPS) is 11.5. The van der Waals surface area contributed by atoms with E-state index in [9.17, 15) is 0 Å². The number of aromatic nitrogens is 2. The van der Waals surface area contributed by atoms with Crippen LogP contribution < -0.4 is 10.6 Å². The number of nitrogens with one attached hydrogen (secondary N) is 2. The molecule has 6 heteroatoms. The Balaban J connectivity index is 1.89. The topological polar surface area (TPSA) is 63.5 Å². The third kappa shape index (κ3) is 7.27. The van der Waals surface area contributed by atoms with Gasteiger partial charge in [0.1, 0.15) is 0 Å². The van der Waals surface area contributed by atoms with Crippen LogP contribution in [-0.2, 0) is 17.8 Å².